The molecule has 1 saturated heterocycles. The number of carbonyl (C=O) groups excluding carboxylic acids is 3. The van der Waals surface area contributed by atoms with Crippen molar-refractivity contribution in [2.45, 2.75) is 45.6 Å². The van der Waals surface area contributed by atoms with Gasteiger partial charge in [-0.15, -0.1) is 0 Å². The van der Waals surface area contributed by atoms with Crippen molar-refractivity contribution in [3.8, 4) is 0 Å². The van der Waals surface area contributed by atoms with Crippen LogP contribution < -0.4 is 16.4 Å². The van der Waals surface area contributed by atoms with Crippen LogP contribution in [0.1, 0.15) is 39.5 Å². The van der Waals surface area contributed by atoms with E-state index in [1.165, 1.54) is 0 Å². The number of hydrogen-bond donors (Lipinski definition) is 4. The third kappa shape index (κ3) is 2.89. The Hall–Kier alpha value is -2.12. The fourth-order valence-corrected chi connectivity index (χ4v) is 2.27. The zero-order valence-corrected chi connectivity index (χ0v) is 11.6. The lowest BCUT2D eigenvalue weighted by atomic mass is 9.79. The van der Waals surface area contributed by atoms with Crippen LogP contribution in [0.25, 0.3) is 0 Å². The van der Waals surface area contributed by atoms with Crippen molar-refractivity contribution in [2.24, 2.45) is 16.3 Å². The summed E-state index contributed by atoms with van der Waals surface area (Å²) in [5.41, 5.74) is 4.46. The SMILES string of the molecule is CCC(CC)(C(=O)NC1CCC(=O)NC1=O)C(N)=NO. The van der Waals surface area contributed by atoms with Crippen molar-refractivity contribution < 1.29 is 19.6 Å². The number of nitrogens with two attached hydrogens (primary N) is 1. The standard InChI is InChI=1S/C12H20N4O4/c1-3-12(4-2,10(13)16-20)11(19)14-7-5-6-8(17)15-9(7)18/h7,20H,3-6H2,1-2H3,(H2,13,16)(H,14,19)(H,15,17,18). The highest BCUT2D eigenvalue weighted by molar-refractivity contribution is 6.08. The molecule has 1 aliphatic rings. The highest BCUT2D eigenvalue weighted by atomic mass is 16.4. The highest BCUT2D eigenvalue weighted by Crippen LogP contribution is 2.27. The maximum atomic E-state index is 12.4. The summed E-state index contributed by atoms with van der Waals surface area (Å²) in [5.74, 6) is -1.55. The van der Waals surface area contributed by atoms with E-state index in [0.29, 0.717) is 12.8 Å². The van der Waals surface area contributed by atoms with E-state index >= 15 is 0 Å². The van der Waals surface area contributed by atoms with Gasteiger partial charge in [0, 0.05) is 6.42 Å². The van der Waals surface area contributed by atoms with E-state index in [4.69, 9.17) is 10.9 Å². The molecule has 0 saturated carbocycles. The summed E-state index contributed by atoms with van der Waals surface area (Å²) in [6, 6.07) is -0.774. The fraction of sp³-hybridized carbons (Fsp3) is 0.667. The average Bonchev–Trinajstić information content (AvgIpc) is 2.43. The van der Waals surface area contributed by atoms with Crippen LogP contribution in [0.15, 0.2) is 5.16 Å². The first-order valence-electron chi connectivity index (χ1n) is 6.54. The number of hydrogen-bond acceptors (Lipinski definition) is 5. The summed E-state index contributed by atoms with van der Waals surface area (Å²) in [6.45, 7) is 3.48. The predicted molar refractivity (Wildman–Crippen MR) is 70.7 cm³/mol. The first kappa shape index (κ1) is 15.9. The molecule has 112 valence electrons. The van der Waals surface area contributed by atoms with Gasteiger partial charge in [0.1, 0.15) is 11.5 Å². The molecule has 20 heavy (non-hydrogen) atoms. The molecule has 8 nitrogen and oxygen atoms in total. The number of piperidine rings is 1. The Morgan fingerprint density at radius 2 is 2.10 bits per heavy atom. The monoisotopic (exact) mass is 284 g/mol. The Bertz CT molecular complexity index is 443. The summed E-state index contributed by atoms with van der Waals surface area (Å²) in [4.78, 5) is 35.1. The van der Waals surface area contributed by atoms with E-state index in [0.717, 1.165) is 0 Å². The Morgan fingerprint density at radius 3 is 2.55 bits per heavy atom. The van der Waals surface area contributed by atoms with Gasteiger partial charge < -0.3 is 16.3 Å². The first-order valence-corrected chi connectivity index (χ1v) is 6.54. The Kier molecular flexibility index (Phi) is 5.06. The molecule has 1 aliphatic heterocycles. The van der Waals surface area contributed by atoms with E-state index < -0.39 is 23.3 Å². The van der Waals surface area contributed by atoms with E-state index in [1.807, 2.05) is 0 Å². The minimum atomic E-state index is -1.16. The number of rotatable bonds is 5. The van der Waals surface area contributed by atoms with Crippen molar-refractivity contribution >= 4 is 23.6 Å². The minimum absolute atomic E-state index is 0.172. The Morgan fingerprint density at radius 1 is 1.50 bits per heavy atom. The molecule has 8 heteroatoms. The molecule has 5 N–H and O–H groups in total. The van der Waals surface area contributed by atoms with Gasteiger partial charge in [0.05, 0.1) is 0 Å². The summed E-state index contributed by atoms with van der Waals surface area (Å²) in [6.07, 6.45) is 1.08. The molecule has 3 amide bonds. The molecule has 1 fully saturated rings. The van der Waals surface area contributed by atoms with Crippen molar-refractivity contribution in [1.29, 1.82) is 0 Å². The summed E-state index contributed by atoms with van der Waals surface area (Å²) in [7, 11) is 0. The van der Waals surface area contributed by atoms with Crippen LogP contribution in [-0.2, 0) is 14.4 Å². The predicted octanol–water partition coefficient (Wildman–Crippen LogP) is -0.539. The molecule has 0 aromatic carbocycles. The number of carbonyl (C=O) groups is 3. The Balaban J connectivity index is 2.87. The maximum Gasteiger partial charge on any atom is 0.249 e. The van der Waals surface area contributed by atoms with Gasteiger partial charge in [0.15, 0.2) is 5.84 Å². The molecule has 0 aromatic rings. The number of imide groups is 1. The lowest BCUT2D eigenvalue weighted by molar-refractivity contribution is -0.139. The maximum absolute atomic E-state index is 12.4. The van der Waals surface area contributed by atoms with E-state index in [9.17, 15) is 14.4 Å². The molecule has 0 aromatic heterocycles. The molecule has 0 spiro atoms. The summed E-state index contributed by atoms with van der Waals surface area (Å²) >= 11 is 0. The molecule has 1 unspecified atom stereocenters. The normalized spacial score (nSPS) is 20.5. The quantitative estimate of drug-likeness (QED) is 0.177. The van der Waals surface area contributed by atoms with Gasteiger partial charge in [-0.2, -0.15) is 0 Å². The van der Waals surface area contributed by atoms with Gasteiger partial charge in [0.2, 0.25) is 17.7 Å². The number of amides is 3. The van der Waals surface area contributed by atoms with Crippen LogP contribution in [-0.4, -0.2) is 34.8 Å². The average molecular weight is 284 g/mol. The summed E-state index contributed by atoms with van der Waals surface area (Å²) < 4.78 is 0. The molecular formula is C12H20N4O4. The molecule has 0 radical (unpaired) electrons. The van der Waals surface area contributed by atoms with Gasteiger partial charge in [-0.1, -0.05) is 19.0 Å². The highest BCUT2D eigenvalue weighted by Gasteiger charge is 2.42. The first-order chi connectivity index (χ1) is 9.41. The van der Waals surface area contributed by atoms with Gasteiger partial charge >= 0.3 is 0 Å². The lowest BCUT2D eigenvalue weighted by Gasteiger charge is -2.31. The van der Waals surface area contributed by atoms with Crippen molar-refractivity contribution in [3.05, 3.63) is 0 Å². The van der Waals surface area contributed by atoms with Gasteiger partial charge in [0.25, 0.3) is 0 Å². The van der Waals surface area contributed by atoms with Crippen LogP contribution in [0.2, 0.25) is 0 Å². The second-order valence-electron chi connectivity index (χ2n) is 4.75. The van der Waals surface area contributed by atoms with Crippen LogP contribution >= 0.6 is 0 Å². The molecule has 0 aliphatic carbocycles. The second-order valence-corrected chi connectivity index (χ2v) is 4.75. The van der Waals surface area contributed by atoms with Crippen molar-refractivity contribution in [1.82, 2.24) is 10.6 Å². The van der Waals surface area contributed by atoms with Crippen LogP contribution in [0.4, 0.5) is 0 Å². The molecule has 0 bridgehead atoms. The molecule has 1 heterocycles. The third-order valence-electron chi connectivity index (χ3n) is 3.78. The van der Waals surface area contributed by atoms with Crippen molar-refractivity contribution in [2.75, 3.05) is 0 Å². The Labute approximate surface area is 116 Å². The second kappa shape index (κ2) is 6.36. The van der Waals surface area contributed by atoms with Crippen molar-refractivity contribution in [3.63, 3.8) is 0 Å². The smallest absolute Gasteiger partial charge is 0.249 e. The van der Waals surface area contributed by atoms with Gasteiger partial charge in [-0.3, -0.25) is 19.7 Å². The van der Waals surface area contributed by atoms with Gasteiger partial charge in [-0.25, -0.2) is 0 Å². The topological polar surface area (TPSA) is 134 Å². The lowest BCUT2D eigenvalue weighted by Crippen LogP contribution is -2.57. The molecule has 1 rings (SSSR count). The number of amidine groups is 1. The van der Waals surface area contributed by atoms with E-state index in [1.54, 1.807) is 13.8 Å². The van der Waals surface area contributed by atoms with Gasteiger partial charge in [-0.05, 0) is 19.3 Å². The summed E-state index contributed by atoms with van der Waals surface area (Å²) in [5, 5.41) is 16.5. The van der Waals surface area contributed by atoms with Crippen LogP contribution in [0.3, 0.4) is 0 Å². The van der Waals surface area contributed by atoms with Crippen LogP contribution in [0.5, 0.6) is 0 Å². The van der Waals surface area contributed by atoms with Crippen LogP contribution in [0, 0.1) is 5.41 Å². The molecular weight excluding hydrogens is 264 g/mol. The fourth-order valence-electron chi connectivity index (χ4n) is 2.27. The number of oxime groups is 1. The van der Waals surface area contributed by atoms with E-state index in [-0.39, 0.29) is 24.6 Å². The number of nitrogens with zero attached hydrogens (tertiary/aromatic N) is 1. The molecule has 1 atom stereocenters. The largest absolute Gasteiger partial charge is 0.409 e. The third-order valence-corrected chi connectivity index (χ3v) is 3.78. The van der Waals surface area contributed by atoms with E-state index in [2.05, 4.69) is 15.8 Å². The number of nitrogens with one attached hydrogen (secondary N) is 2. The zero-order valence-electron chi connectivity index (χ0n) is 11.6. The zero-order chi connectivity index (χ0) is 15.3. The minimum Gasteiger partial charge on any atom is -0.409 e.